The van der Waals surface area contributed by atoms with Gasteiger partial charge in [0.1, 0.15) is 5.76 Å². The second-order valence-corrected chi connectivity index (χ2v) is 8.24. The molecule has 1 fully saturated rings. The third-order valence-electron chi connectivity index (χ3n) is 4.97. The Morgan fingerprint density at radius 2 is 1.96 bits per heavy atom. The summed E-state index contributed by atoms with van der Waals surface area (Å²) in [4.78, 5) is 27.8. The van der Waals surface area contributed by atoms with Gasteiger partial charge in [0.05, 0.1) is 11.3 Å². The lowest BCUT2D eigenvalue weighted by atomic mass is 9.97. The number of nitrogens with zero attached hydrogens (tertiary/aromatic N) is 2. The lowest BCUT2D eigenvalue weighted by Gasteiger charge is -2.38. The van der Waals surface area contributed by atoms with Crippen LogP contribution < -0.4 is 0 Å². The number of carbonyl (C=O) groups is 2. The first-order valence-electron chi connectivity index (χ1n) is 9.58. The van der Waals surface area contributed by atoms with Gasteiger partial charge >= 0.3 is 5.97 Å². The molecule has 3 rings (SSSR count). The molecule has 7 heteroatoms. The zero-order valence-electron chi connectivity index (χ0n) is 16.5. The molecule has 0 unspecified atom stereocenters. The van der Waals surface area contributed by atoms with Crippen molar-refractivity contribution < 1.29 is 18.8 Å². The van der Waals surface area contributed by atoms with Crippen LogP contribution >= 0.6 is 11.8 Å². The molecule has 0 N–H and O–H groups in total. The third-order valence-corrected chi connectivity index (χ3v) is 6.07. The van der Waals surface area contributed by atoms with Gasteiger partial charge in [-0.25, -0.2) is 4.79 Å². The van der Waals surface area contributed by atoms with Gasteiger partial charge in [-0.3, -0.25) is 4.79 Å². The number of rotatable bonds is 6. The van der Waals surface area contributed by atoms with Crippen molar-refractivity contribution >= 4 is 23.6 Å². The van der Waals surface area contributed by atoms with E-state index < -0.39 is 5.97 Å². The van der Waals surface area contributed by atoms with Crippen molar-refractivity contribution in [1.29, 1.82) is 0 Å². The van der Waals surface area contributed by atoms with Crippen LogP contribution in [0, 0.1) is 6.92 Å². The Balaban J connectivity index is 1.60. The van der Waals surface area contributed by atoms with E-state index in [0.717, 1.165) is 35.6 Å². The lowest BCUT2D eigenvalue weighted by molar-refractivity contribution is -0.140. The van der Waals surface area contributed by atoms with Crippen molar-refractivity contribution in [2.45, 2.75) is 62.8 Å². The van der Waals surface area contributed by atoms with Crippen LogP contribution in [-0.4, -0.2) is 40.6 Å². The van der Waals surface area contributed by atoms with Gasteiger partial charge < -0.3 is 14.2 Å². The summed E-state index contributed by atoms with van der Waals surface area (Å²) >= 11 is 1.49. The van der Waals surface area contributed by atoms with Gasteiger partial charge in [0.2, 0.25) is 0 Å². The molecule has 2 heterocycles. The topological polar surface area (TPSA) is 72.6 Å². The number of carbonyl (C=O) groups excluding carboxylic acids is 2. The number of ether oxygens (including phenoxy) is 1. The van der Waals surface area contributed by atoms with E-state index in [4.69, 9.17) is 9.26 Å². The molecule has 0 bridgehead atoms. The molecule has 1 amide bonds. The monoisotopic (exact) mass is 402 g/mol. The number of amides is 1. The van der Waals surface area contributed by atoms with Crippen molar-refractivity contribution in [1.82, 2.24) is 10.1 Å². The average molecular weight is 403 g/mol. The number of thioether (sulfide) groups is 1. The molecule has 1 saturated heterocycles. The molecule has 150 valence electrons. The number of aryl methyl sites for hydroxylation is 1. The minimum absolute atomic E-state index is 0.128. The van der Waals surface area contributed by atoms with Gasteiger partial charge in [0.25, 0.3) is 5.91 Å². The number of esters is 1. The van der Waals surface area contributed by atoms with Crippen molar-refractivity contribution in [2.75, 3.05) is 6.61 Å². The number of likely N-dealkylation sites (tertiary alicyclic amines) is 1. The van der Waals surface area contributed by atoms with Crippen molar-refractivity contribution in [3.63, 3.8) is 0 Å². The number of hydrogen-bond acceptors (Lipinski definition) is 6. The van der Waals surface area contributed by atoms with E-state index in [1.165, 1.54) is 11.8 Å². The average Bonchev–Trinajstić information content (AvgIpc) is 3.10. The van der Waals surface area contributed by atoms with Gasteiger partial charge in [-0.15, -0.1) is 11.8 Å². The Morgan fingerprint density at radius 3 is 2.64 bits per heavy atom. The van der Waals surface area contributed by atoms with Crippen molar-refractivity contribution in [2.24, 2.45) is 0 Å². The summed E-state index contributed by atoms with van der Waals surface area (Å²) in [6.07, 6.45) is 3.11. The standard InChI is InChI=1S/C21H26N2O4S/c1-14-7-6-8-15(2)23(14)20(24)12-26-21(25)18-9-4-5-10-19(18)28-13-17-11-16(3)27-22-17/h4-5,9-11,14-15H,6-8,12-13H2,1-3H3/t14-,15+. The third kappa shape index (κ3) is 4.95. The fraction of sp³-hybridized carbons (Fsp3) is 0.476. The molecule has 0 aliphatic carbocycles. The highest BCUT2D eigenvalue weighted by molar-refractivity contribution is 7.98. The van der Waals surface area contributed by atoms with E-state index in [-0.39, 0.29) is 24.6 Å². The first kappa shape index (κ1) is 20.5. The summed E-state index contributed by atoms with van der Waals surface area (Å²) in [7, 11) is 0. The molecule has 0 radical (unpaired) electrons. The smallest absolute Gasteiger partial charge is 0.339 e. The predicted octanol–water partition coefficient (Wildman–Crippen LogP) is 4.22. The second kappa shape index (κ2) is 9.28. The van der Waals surface area contributed by atoms with Gasteiger partial charge in [-0.05, 0) is 52.2 Å². The molecular formula is C21H26N2O4S. The van der Waals surface area contributed by atoms with E-state index in [1.807, 2.05) is 43.9 Å². The Morgan fingerprint density at radius 1 is 1.25 bits per heavy atom. The summed E-state index contributed by atoms with van der Waals surface area (Å²) in [6, 6.07) is 9.48. The zero-order chi connectivity index (χ0) is 20.1. The number of piperidine rings is 1. The summed E-state index contributed by atoms with van der Waals surface area (Å²) < 4.78 is 10.4. The number of benzene rings is 1. The zero-order valence-corrected chi connectivity index (χ0v) is 17.3. The fourth-order valence-electron chi connectivity index (χ4n) is 3.59. The maximum atomic E-state index is 12.6. The predicted molar refractivity (Wildman–Crippen MR) is 107 cm³/mol. The second-order valence-electron chi connectivity index (χ2n) is 7.22. The first-order valence-corrected chi connectivity index (χ1v) is 10.6. The van der Waals surface area contributed by atoms with E-state index in [1.54, 1.807) is 12.1 Å². The van der Waals surface area contributed by atoms with E-state index in [9.17, 15) is 9.59 Å². The van der Waals surface area contributed by atoms with Crippen LogP contribution in [0.3, 0.4) is 0 Å². The Bertz CT molecular complexity index is 825. The molecule has 0 spiro atoms. The highest BCUT2D eigenvalue weighted by Gasteiger charge is 2.29. The first-order chi connectivity index (χ1) is 13.5. The minimum Gasteiger partial charge on any atom is -0.452 e. The van der Waals surface area contributed by atoms with Gasteiger partial charge in [0.15, 0.2) is 6.61 Å². The van der Waals surface area contributed by atoms with Crippen LogP contribution in [0.1, 0.15) is 54.9 Å². The molecule has 1 aromatic heterocycles. The van der Waals surface area contributed by atoms with Crippen molar-refractivity contribution in [3.8, 4) is 0 Å². The quantitative estimate of drug-likeness (QED) is 0.532. The minimum atomic E-state index is -0.481. The van der Waals surface area contributed by atoms with Crippen molar-refractivity contribution in [3.05, 3.63) is 47.3 Å². The van der Waals surface area contributed by atoms with Gasteiger partial charge in [-0.1, -0.05) is 17.3 Å². The van der Waals surface area contributed by atoms with Crippen LogP contribution in [0.25, 0.3) is 0 Å². The van der Waals surface area contributed by atoms with Crippen LogP contribution in [-0.2, 0) is 15.3 Å². The Kier molecular flexibility index (Phi) is 6.78. The van der Waals surface area contributed by atoms with Crippen LogP contribution in [0.15, 0.2) is 39.8 Å². The Labute approximate surface area is 169 Å². The van der Waals surface area contributed by atoms with Gasteiger partial charge in [0, 0.05) is 28.8 Å². The maximum Gasteiger partial charge on any atom is 0.339 e. The summed E-state index contributed by atoms with van der Waals surface area (Å²) in [5, 5.41) is 3.97. The van der Waals surface area contributed by atoms with Crippen LogP contribution in [0.2, 0.25) is 0 Å². The molecule has 2 aromatic rings. The highest BCUT2D eigenvalue weighted by Crippen LogP contribution is 2.27. The molecule has 6 nitrogen and oxygen atoms in total. The van der Waals surface area contributed by atoms with E-state index in [2.05, 4.69) is 5.16 Å². The largest absolute Gasteiger partial charge is 0.452 e. The van der Waals surface area contributed by atoms with E-state index >= 15 is 0 Å². The maximum absolute atomic E-state index is 12.6. The molecule has 1 aromatic carbocycles. The normalized spacial score (nSPS) is 19.5. The molecule has 1 aliphatic rings. The van der Waals surface area contributed by atoms with E-state index in [0.29, 0.717) is 11.3 Å². The molecule has 28 heavy (non-hydrogen) atoms. The molecule has 2 atom stereocenters. The van der Waals surface area contributed by atoms with Crippen LogP contribution in [0.4, 0.5) is 0 Å². The summed E-state index contributed by atoms with van der Waals surface area (Å²) in [5.41, 5.74) is 1.27. The molecular weight excluding hydrogens is 376 g/mol. The fourth-order valence-corrected chi connectivity index (χ4v) is 4.51. The van der Waals surface area contributed by atoms with Gasteiger partial charge in [-0.2, -0.15) is 0 Å². The van der Waals surface area contributed by atoms with Crippen LogP contribution in [0.5, 0.6) is 0 Å². The highest BCUT2D eigenvalue weighted by atomic mass is 32.2. The number of aromatic nitrogens is 1. The summed E-state index contributed by atoms with van der Waals surface area (Å²) in [5.74, 6) is 0.730. The lowest BCUT2D eigenvalue weighted by Crippen LogP contribution is -2.49. The Hall–Kier alpha value is -2.28. The molecule has 1 aliphatic heterocycles. The summed E-state index contributed by atoms with van der Waals surface area (Å²) in [6.45, 7) is 5.71. The molecule has 0 saturated carbocycles. The number of hydrogen-bond donors (Lipinski definition) is 0. The SMILES string of the molecule is Cc1cc(CSc2ccccc2C(=O)OCC(=O)N2[C@H](C)CCC[C@@H]2C)no1.